The number of rotatable bonds is 0. The maximum Gasteiger partial charge on any atom is 0.243 e. The average Bonchev–Trinajstić information content (AvgIpc) is 2.29. The first-order valence-corrected chi connectivity index (χ1v) is 4.35. The van der Waals surface area contributed by atoms with Crippen LogP contribution in [-0.2, 0) is 9.59 Å². The number of nitrogens with zero attached hydrogens (tertiary/aromatic N) is 2. The third-order valence-corrected chi connectivity index (χ3v) is 2.06. The molecule has 74 valence electrons. The van der Waals surface area contributed by atoms with Gasteiger partial charge in [-0.05, 0) is 0 Å². The molecule has 2 amide bonds. The molecule has 0 aromatic heterocycles. The van der Waals surface area contributed by atoms with Crippen molar-refractivity contribution in [3.8, 4) is 0 Å². The number of hydrogen-bond donors (Lipinski definition) is 0. The summed E-state index contributed by atoms with van der Waals surface area (Å²) >= 11 is 0. The van der Waals surface area contributed by atoms with E-state index in [9.17, 15) is 9.59 Å². The molecule has 1 aliphatic rings. The van der Waals surface area contributed by atoms with E-state index in [0.29, 0.717) is 6.67 Å². The molecular formula is C9H16N2O2. The summed E-state index contributed by atoms with van der Waals surface area (Å²) in [7, 11) is 1.71. The summed E-state index contributed by atoms with van der Waals surface area (Å²) in [4.78, 5) is 26.0. The highest BCUT2D eigenvalue weighted by molar-refractivity contribution is 5.89. The lowest BCUT2D eigenvalue weighted by atomic mass is 9.95. The monoisotopic (exact) mass is 184 g/mol. The van der Waals surface area contributed by atoms with Gasteiger partial charge >= 0.3 is 0 Å². The summed E-state index contributed by atoms with van der Waals surface area (Å²) in [5, 5.41) is 0. The molecule has 0 N–H and O–H groups in total. The Hall–Kier alpha value is -1.06. The molecule has 1 rings (SSSR count). The predicted molar refractivity (Wildman–Crippen MR) is 48.8 cm³/mol. The summed E-state index contributed by atoms with van der Waals surface area (Å²) in [6.07, 6.45) is 0. The molecule has 0 radical (unpaired) electrons. The number of carbonyl (C=O) groups excluding carboxylic acids is 2. The normalized spacial score (nSPS) is 18.3. The Kier molecular flexibility index (Phi) is 2.32. The molecule has 0 aromatic carbocycles. The van der Waals surface area contributed by atoms with Crippen molar-refractivity contribution in [3.05, 3.63) is 0 Å². The van der Waals surface area contributed by atoms with Gasteiger partial charge in [-0.3, -0.25) is 9.59 Å². The molecule has 0 bridgehead atoms. The van der Waals surface area contributed by atoms with Crippen LogP contribution in [0.3, 0.4) is 0 Å². The quantitative estimate of drug-likeness (QED) is 0.543. The summed E-state index contributed by atoms with van der Waals surface area (Å²) < 4.78 is 0. The fourth-order valence-corrected chi connectivity index (χ4v) is 1.28. The van der Waals surface area contributed by atoms with Crippen molar-refractivity contribution in [1.29, 1.82) is 0 Å². The second-order valence-corrected chi connectivity index (χ2v) is 4.49. The minimum atomic E-state index is -0.397. The van der Waals surface area contributed by atoms with Crippen LogP contribution in [0, 0.1) is 5.41 Å². The Morgan fingerprint density at radius 1 is 1.38 bits per heavy atom. The molecule has 1 fully saturated rings. The molecule has 0 spiro atoms. The van der Waals surface area contributed by atoms with Crippen molar-refractivity contribution in [2.24, 2.45) is 5.41 Å². The van der Waals surface area contributed by atoms with Crippen molar-refractivity contribution in [3.63, 3.8) is 0 Å². The fourth-order valence-electron chi connectivity index (χ4n) is 1.28. The lowest BCUT2D eigenvalue weighted by Crippen LogP contribution is -2.38. The van der Waals surface area contributed by atoms with Crippen molar-refractivity contribution in [2.45, 2.75) is 20.8 Å². The number of amides is 2. The van der Waals surface area contributed by atoms with E-state index >= 15 is 0 Å². The van der Waals surface area contributed by atoms with Gasteiger partial charge in [-0.25, -0.2) is 0 Å². The molecule has 1 saturated heterocycles. The number of hydrogen-bond acceptors (Lipinski definition) is 2. The largest absolute Gasteiger partial charge is 0.326 e. The van der Waals surface area contributed by atoms with Crippen LogP contribution >= 0.6 is 0 Å². The van der Waals surface area contributed by atoms with Crippen molar-refractivity contribution >= 4 is 11.8 Å². The van der Waals surface area contributed by atoms with E-state index in [2.05, 4.69) is 0 Å². The van der Waals surface area contributed by atoms with Crippen LogP contribution in [0.4, 0.5) is 0 Å². The highest BCUT2D eigenvalue weighted by Gasteiger charge is 2.34. The summed E-state index contributed by atoms with van der Waals surface area (Å²) in [6.45, 7) is 6.23. The van der Waals surface area contributed by atoms with Gasteiger partial charge in [0.15, 0.2) is 0 Å². The van der Waals surface area contributed by atoms with E-state index in [1.807, 2.05) is 20.8 Å². The fraction of sp³-hybridized carbons (Fsp3) is 0.778. The minimum absolute atomic E-state index is 0.0117. The number of likely N-dealkylation sites (N-methyl/N-ethyl adjacent to an activating group) is 1. The summed E-state index contributed by atoms with van der Waals surface area (Å²) in [5.74, 6) is 0.0443. The van der Waals surface area contributed by atoms with Gasteiger partial charge in [-0.2, -0.15) is 0 Å². The highest BCUT2D eigenvalue weighted by atomic mass is 16.2. The van der Waals surface area contributed by atoms with E-state index < -0.39 is 5.41 Å². The number of carbonyl (C=O) groups is 2. The molecule has 0 saturated carbocycles. The first-order valence-electron chi connectivity index (χ1n) is 4.35. The highest BCUT2D eigenvalue weighted by Crippen LogP contribution is 2.19. The molecule has 0 atom stereocenters. The molecule has 0 aromatic rings. The molecule has 4 heteroatoms. The van der Waals surface area contributed by atoms with Gasteiger partial charge in [-0.1, -0.05) is 20.8 Å². The Labute approximate surface area is 78.5 Å². The van der Waals surface area contributed by atoms with Gasteiger partial charge in [0.2, 0.25) is 11.8 Å². The first kappa shape index (κ1) is 10.0. The molecule has 0 unspecified atom stereocenters. The standard InChI is InChI=1S/C9H16N2O2/c1-9(2,3)8(13)11-5-7(12)10(4)6-11/h5-6H2,1-4H3. The van der Waals surface area contributed by atoms with Crippen molar-refractivity contribution in [2.75, 3.05) is 20.3 Å². The zero-order valence-corrected chi connectivity index (χ0v) is 8.63. The van der Waals surface area contributed by atoms with Crippen molar-refractivity contribution < 1.29 is 9.59 Å². The zero-order valence-electron chi connectivity index (χ0n) is 8.63. The summed E-state index contributed by atoms with van der Waals surface area (Å²) in [5.41, 5.74) is -0.397. The molecule has 1 aliphatic heterocycles. The lowest BCUT2D eigenvalue weighted by molar-refractivity contribution is -0.139. The third-order valence-electron chi connectivity index (χ3n) is 2.06. The van der Waals surface area contributed by atoms with Gasteiger partial charge in [0.25, 0.3) is 0 Å². The van der Waals surface area contributed by atoms with Gasteiger partial charge in [0, 0.05) is 12.5 Å². The SMILES string of the molecule is CN1CN(C(=O)C(C)(C)C)CC1=O. The Bertz CT molecular complexity index is 242. The van der Waals surface area contributed by atoms with Crippen LogP contribution in [0.2, 0.25) is 0 Å². The smallest absolute Gasteiger partial charge is 0.243 e. The lowest BCUT2D eigenvalue weighted by Gasteiger charge is -2.24. The predicted octanol–water partition coefficient (Wildman–Crippen LogP) is 0.291. The van der Waals surface area contributed by atoms with Crippen LogP contribution in [0.5, 0.6) is 0 Å². The molecular weight excluding hydrogens is 168 g/mol. The van der Waals surface area contributed by atoms with E-state index in [1.54, 1.807) is 16.8 Å². The molecule has 0 aliphatic carbocycles. The van der Waals surface area contributed by atoms with Gasteiger partial charge < -0.3 is 9.80 Å². The molecule has 1 heterocycles. The Morgan fingerprint density at radius 2 is 1.92 bits per heavy atom. The van der Waals surface area contributed by atoms with E-state index in [0.717, 1.165) is 0 Å². The van der Waals surface area contributed by atoms with Gasteiger partial charge in [0.05, 0.1) is 6.67 Å². The van der Waals surface area contributed by atoms with Crippen molar-refractivity contribution in [1.82, 2.24) is 9.80 Å². The van der Waals surface area contributed by atoms with Gasteiger partial charge in [0.1, 0.15) is 6.54 Å². The third kappa shape index (κ3) is 1.99. The van der Waals surface area contributed by atoms with Gasteiger partial charge in [-0.15, -0.1) is 0 Å². The Balaban J connectivity index is 2.67. The minimum Gasteiger partial charge on any atom is -0.326 e. The van der Waals surface area contributed by atoms with E-state index in [-0.39, 0.29) is 18.4 Å². The molecule has 13 heavy (non-hydrogen) atoms. The second kappa shape index (κ2) is 3.01. The molecule has 4 nitrogen and oxygen atoms in total. The van der Waals surface area contributed by atoms with Crippen LogP contribution in [0.15, 0.2) is 0 Å². The van der Waals surface area contributed by atoms with E-state index in [1.165, 1.54) is 0 Å². The maximum atomic E-state index is 11.7. The average molecular weight is 184 g/mol. The summed E-state index contributed by atoms with van der Waals surface area (Å²) in [6, 6.07) is 0. The Morgan fingerprint density at radius 3 is 2.23 bits per heavy atom. The van der Waals surface area contributed by atoms with Crippen LogP contribution in [0.25, 0.3) is 0 Å². The maximum absolute atomic E-state index is 11.7. The topological polar surface area (TPSA) is 40.6 Å². The van der Waals surface area contributed by atoms with E-state index in [4.69, 9.17) is 0 Å². The van der Waals surface area contributed by atoms with Crippen LogP contribution < -0.4 is 0 Å². The van der Waals surface area contributed by atoms with Crippen LogP contribution in [0.1, 0.15) is 20.8 Å². The van der Waals surface area contributed by atoms with Crippen LogP contribution in [-0.4, -0.2) is 41.9 Å². The zero-order chi connectivity index (χ0) is 10.2. The first-order chi connectivity index (χ1) is 5.82. The second-order valence-electron chi connectivity index (χ2n) is 4.49.